The highest BCUT2D eigenvalue weighted by molar-refractivity contribution is 7.90. The minimum atomic E-state index is -3.63. The van der Waals surface area contributed by atoms with E-state index in [2.05, 4.69) is 29.9 Å². The molecule has 0 fully saturated rings. The molecule has 59 heavy (non-hydrogen) atoms. The van der Waals surface area contributed by atoms with Gasteiger partial charge in [-0.25, -0.2) is 28.4 Å². The largest absolute Gasteiger partial charge is 0.481 e. The number of aromatic nitrogens is 8. The van der Waals surface area contributed by atoms with Crippen LogP contribution in [-0.4, -0.2) is 67.9 Å². The Morgan fingerprint density at radius 1 is 0.678 bits per heavy atom. The summed E-state index contributed by atoms with van der Waals surface area (Å²) < 4.78 is 47.8. The molecule has 0 atom stereocenters. The van der Waals surface area contributed by atoms with Crippen LogP contribution in [0.4, 0.5) is 0 Å². The number of methoxy groups -OCH3 is 2. The minimum Gasteiger partial charge on any atom is -0.481 e. The Bertz CT molecular complexity index is 2890. The lowest BCUT2D eigenvalue weighted by Crippen LogP contribution is -2.24. The molecular weight excluding hydrogens is 827 g/mol. The van der Waals surface area contributed by atoms with Gasteiger partial charge in [0.05, 0.1) is 85.7 Å². The Labute approximate surface area is 346 Å². The van der Waals surface area contributed by atoms with Crippen molar-refractivity contribution in [3.05, 3.63) is 132 Å². The maximum Gasteiger partial charge on any atom is 0.296 e. The van der Waals surface area contributed by atoms with Crippen LogP contribution in [0.3, 0.4) is 0 Å². The van der Waals surface area contributed by atoms with Crippen LogP contribution in [0, 0.1) is 43.4 Å². The molecule has 18 nitrogen and oxygen atoms in total. The lowest BCUT2D eigenvalue weighted by atomic mass is 10.2. The number of aryl methyl sites for hydroxylation is 3. The summed E-state index contributed by atoms with van der Waals surface area (Å²) in [7, 11) is -0.796. The summed E-state index contributed by atoms with van der Waals surface area (Å²) in [5.41, 5.74) is 1.42. The summed E-state index contributed by atoms with van der Waals surface area (Å²) in [5.74, 6) is 1.44. The van der Waals surface area contributed by atoms with Crippen LogP contribution in [0.25, 0.3) is 0 Å². The molecule has 0 aliphatic rings. The van der Waals surface area contributed by atoms with Crippen molar-refractivity contribution in [1.29, 1.82) is 10.5 Å². The van der Waals surface area contributed by atoms with Gasteiger partial charge >= 0.3 is 0 Å². The third-order valence-electron chi connectivity index (χ3n) is 7.94. The van der Waals surface area contributed by atoms with Crippen molar-refractivity contribution in [2.75, 3.05) is 20.5 Å². The van der Waals surface area contributed by atoms with Gasteiger partial charge in [-0.3, -0.25) is 18.7 Å². The number of hydrogen-bond donors (Lipinski definition) is 0. The van der Waals surface area contributed by atoms with E-state index in [1.165, 1.54) is 78.6 Å². The number of halogens is 2. The number of benzene rings is 2. The molecule has 21 heteroatoms. The first-order valence-electron chi connectivity index (χ1n) is 16.9. The fourth-order valence-corrected chi connectivity index (χ4v) is 6.08. The highest BCUT2D eigenvalue weighted by Crippen LogP contribution is 2.27. The minimum absolute atomic E-state index is 0.0128. The average Bonchev–Trinajstić information content (AvgIpc) is 3.20. The molecule has 6 rings (SSSR count). The molecule has 0 spiro atoms. The molecule has 0 aliphatic carbocycles. The molecule has 0 radical (unpaired) electrons. The van der Waals surface area contributed by atoms with Gasteiger partial charge in [0, 0.05) is 28.7 Å². The van der Waals surface area contributed by atoms with E-state index in [0.717, 1.165) is 6.26 Å². The van der Waals surface area contributed by atoms with Gasteiger partial charge < -0.3 is 18.9 Å². The smallest absolute Gasteiger partial charge is 0.296 e. The van der Waals surface area contributed by atoms with E-state index in [1.54, 1.807) is 27.0 Å². The molecule has 0 aliphatic heterocycles. The predicted molar refractivity (Wildman–Crippen MR) is 212 cm³/mol. The van der Waals surface area contributed by atoms with E-state index >= 15 is 0 Å². The predicted octanol–water partition coefficient (Wildman–Crippen LogP) is 5.14. The number of ether oxygens (including phenoxy) is 4. The Balaban J connectivity index is 0.000000225. The molecule has 0 saturated carbocycles. The van der Waals surface area contributed by atoms with E-state index in [4.69, 9.17) is 52.7 Å². The molecule has 302 valence electrons. The van der Waals surface area contributed by atoms with Crippen molar-refractivity contribution in [2.45, 2.75) is 39.0 Å². The monoisotopic (exact) mass is 858 g/mol. The van der Waals surface area contributed by atoms with Crippen LogP contribution in [0.2, 0.25) is 10.0 Å². The number of nitrogens with zero attached hydrogens (tertiary/aromatic N) is 10. The molecule has 0 unspecified atom stereocenters. The molecule has 0 N–H and O–H groups in total. The van der Waals surface area contributed by atoms with Crippen molar-refractivity contribution >= 4 is 33.0 Å². The van der Waals surface area contributed by atoms with Gasteiger partial charge in [0.2, 0.25) is 38.3 Å². The molecule has 4 aromatic heterocycles. The van der Waals surface area contributed by atoms with Gasteiger partial charge in [0.15, 0.2) is 0 Å². The lowest BCUT2D eigenvalue weighted by molar-refractivity contribution is 0.383. The second kappa shape index (κ2) is 18.6. The number of hydrogen-bond acceptors (Lipinski definition) is 16. The summed E-state index contributed by atoms with van der Waals surface area (Å²) in [4.78, 5) is 50.4. The zero-order valence-electron chi connectivity index (χ0n) is 32.1. The van der Waals surface area contributed by atoms with E-state index in [9.17, 15) is 18.0 Å². The standard InChI is InChI=1S/C19H16ClN5O5S.C19H16ClN5O3/c1-11-16(30-15-5-12(7-21)4-14(20)6-15)18(26)25(10-23-11)9-13-8-22-19(31(3,27)28)24-17(13)29-2;1-11-17(28-16-5-13(7-21)4-15(20)6-16)19(26)25(10-23-11)9-14-8-22-12(2)24-18(14)27-3/h4-6,8,10H,9H2,1-3H3;4-6,8,10H,9H2,1-3H3. The van der Waals surface area contributed by atoms with Gasteiger partial charge in [0.25, 0.3) is 11.1 Å². The molecule has 0 saturated heterocycles. The highest BCUT2D eigenvalue weighted by Gasteiger charge is 2.19. The van der Waals surface area contributed by atoms with Gasteiger partial charge in [-0.05, 0) is 57.2 Å². The normalized spacial score (nSPS) is 10.7. The fraction of sp³-hybridized carbons (Fsp3) is 0.211. The first-order valence-corrected chi connectivity index (χ1v) is 19.5. The topological polar surface area (TPSA) is 240 Å². The van der Waals surface area contributed by atoms with Crippen molar-refractivity contribution in [3.63, 3.8) is 0 Å². The Hall–Kier alpha value is -6.93. The van der Waals surface area contributed by atoms with Gasteiger partial charge in [-0.15, -0.1) is 0 Å². The van der Waals surface area contributed by atoms with E-state index < -0.39 is 21.0 Å². The zero-order valence-corrected chi connectivity index (χ0v) is 34.4. The second-order valence-electron chi connectivity index (χ2n) is 12.4. The molecule has 6 aromatic rings. The summed E-state index contributed by atoms with van der Waals surface area (Å²) in [6.45, 7) is 5.12. The van der Waals surface area contributed by atoms with Crippen molar-refractivity contribution < 1.29 is 27.4 Å². The van der Waals surface area contributed by atoms with Crippen LogP contribution in [0.5, 0.6) is 34.8 Å². The first-order chi connectivity index (χ1) is 28.0. The van der Waals surface area contributed by atoms with Crippen LogP contribution < -0.4 is 30.1 Å². The summed E-state index contributed by atoms with van der Waals surface area (Å²) >= 11 is 12.0. The maximum atomic E-state index is 13.0. The van der Waals surface area contributed by atoms with Gasteiger partial charge in [-0.2, -0.15) is 20.5 Å². The van der Waals surface area contributed by atoms with Crippen LogP contribution >= 0.6 is 23.2 Å². The van der Waals surface area contributed by atoms with Crippen molar-refractivity contribution in [1.82, 2.24) is 39.0 Å². The quantitative estimate of drug-likeness (QED) is 0.153. The van der Waals surface area contributed by atoms with Crippen molar-refractivity contribution in [2.24, 2.45) is 0 Å². The third kappa shape index (κ3) is 10.7. The Morgan fingerprint density at radius 3 is 1.54 bits per heavy atom. The third-order valence-corrected chi connectivity index (χ3v) is 9.23. The number of nitriles is 2. The highest BCUT2D eigenvalue weighted by atomic mass is 35.5. The molecule has 4 heterocycles. The first kappa shape index (κ1) is 43.2. The SMILES string of the molecule is COc1nc(C)ncc1Cn1cnc(C)c(Oc2cc(Cl)cc(C#N)c2)c1=O.COc1nc(S(C)(=O)=O)ncc1Cn1cnc(C)c(Oc2cc(Cl)cc(C#N)c2)c1=O. The summed E-state index contributed by atoms with van der Waals surface area (Å²) in [5, 5.41) is 18.4. The Morgan fingerprint density at radius 2 is 1.12 bits per heavy atom. The molecule has 0 bridgehead atoms. The molecule has 2 aromatic carbocycles. The van der Waals surface area contributed by atoms with Crippen LogP contribution in [-0.2, 0) is 22.9 Å². The second-order valence-corrected chi connectivity index (χ2v) is 15.2. The number of rotatable bonds is 11. The Kier molecular flexibility index (Phi) is 13.6. The van der Waals surface area contributed by atoms with Crippen LogP contribution in [0.1, 0.15) is 39.5 Å². The molecule has 0 amide bonds. The van der Waals surface area contributed by atoms with E-state index in [1.807, 2.05) is 12.1 Å². The maximum absolute atomic E-state index is 13.0. The van der Waals surface area contributed by atoms with Crippen molar-refractivity contribution in [3.8, 4) is 46.9 Å². The summed E-state index contributed by atoms with van der Waals surface area (Å²) in [6, 6.07) is 12.9. The fourth-order valence-electron chi connectivity index (χ4n) is 5.14. The van der Waals surface area contributed by atoms with E-state index in [-0.39, 0.29) is 57.7 Å². The summed E-state index contributed by atoms with van der Waals surface area (Å²) in [6.07, 6.45) is 6.58. The van der Waals surface area contributed by atoms with Crippen LogP contribution in [0.15, 0.2) is 76.2 Å². The van der Waals surface area contributed by atoms with Gasteiger partial charge in [-0.1, -0.05) is 23.2 Å². The molecular formula is C38H32Cl2N10O8S. The average molecular weight is 860 g/mol. The lowest BCUT2D eigenvalue weighted by Gasteiger charge is -2.13. The van der Waals surface area contributed by atoms with Gasteiger partial charge in [0.1, 0.15) is 17.3 Å². The van der Waals surface area contributed by atoms with E-state index in [0.29, 0.717) is 44.8 Å². The zero-order chi connectivity index (χ0) is 43.0. The number of sulfone groups is 1.